The number of hydrogen-bond donors (Lipinski definition) is 1. The van der Waals surface area contributed by atoms with Crippen LogP contribution in [0.5, 0.6) is 0 Å². The number of aromatic nitrogens is 2. The van der Waals surface area contributed by atoms with Gasteiger partial charge in [-0.15, -0.1) is 10.2 Å². The summed E-state index contributed by atoms with van der Waals surface area (Å²) in [6.07, 6.45) is -10.2. The fraction of sp³-hybridized carbons (Fsp3) is 0.200. The number of alkyl halides is 6. The van der Waals surface area contributed by atoms with E-state index >= 15 is 0 Å². The van der Waals surface area contributed by atoms with Crippen LogP contribution in [0.25, 0.3) is 0 Å². The Morgan fingerprint density at radius 3 is 2.03 bits per heavy atom. The van der Waals surface area contributed by atoms with Crippen molar-refractivity contribution in [3.05, 3.63) is 70.3 Å². The number of rotatable bonds is 6. The topological polar surface area (TPSA) is 72.0 Å². The number of thioether (sulfide) groups is 1. The molecule has 0 aliphatic rings. The number of nitrogens with zero attached hydrogens (tertiary/aromatic N) is 2. The van der Waals surface area contributed by atoms with Gasteiger partial charge < -0.3 is 0 Å². The smallest absolute Gasteiger partial charge is 0.296 e. The summed E-state index contributed by atoms with van der Waals surface area (Å²) in [5.41, 5.74) is -2.56. The summed E-state index contributed by atoms with van der Waals surface area (Å²) in [6.45, 7) is 1.88. The summed E-state index contributed by atoms with van der Waals surface area (Å²) < 4.78 is 78.1. The molecule has 3 aromatic rings. The van der Waals surface area contributed by atoms with E-state index in [-0.39, 0.29) is 27.1 Å². The Hall–Kier alpha value is -2.93. The summed E-state index contributed by atoms with van der Waals surface area (Å²) in [7, 11) is 0. The third-order valence-corrected chi connectivity index (χ3v) is 6.15. The molecule has 0 saturated heterocycles. The summed E-state index contributed by atoms with van der Waals surface area (Å²) in [5, 5.41) is 9.40. The van der Waals surface area contributed by atoms with Gasteiger partial charge in [-0.2, -0.15) is 26.3 Å². The molecular weight excluding hydrogens is 492 g/mol. The number of Topliss-reactive ketones (excluding diaryl/α,β-unsaturated/α-hetero) is 1. The van der Waals surface area contributed by atoms with Crippen LogP contribution in [0.3, 0.4) is 0 Å². The maximum atomic E-state index is 13.0. The maximum absolute atomic E-state index is 13.0. The predicted molar refractivity (Wildman–Crippen MR) is 111 cm³/mol. The Morgan fingerprint density at radius 2 is 1.48 bits per heavy atom. The Balaban J connectivity index is 1.70. The lowest BCUT2D eigenvalue weighted by Crippen LogP contribution is -2.17. The molecule has 0 bridgehead atoms. The molecule has 1 N–H and O–H groups in total. The minimum absolute atomic E-state index is 0.0220. The van der Waals surface area contributed by atoms with Crippen molar-refractivity contribution in [2.45, 2.75) is 23.6 Å². The zero-order valence-corrected chi connectivity index (χ0v) is 18.2. The van der Waals surface area contributed by atoms with Crippen molar-refractivity contribution in [3.63, 3.8) is 0 Å². The Morgan fingerprint density at radius 1 is 0.909 bits per heavy atom. The summed E-state index contributed by atoms with van der Waals surface area (Å²) in [4.78, 5) is 24.5. The maximum Gasteiger partial charge on any atom is 0.416 e. The molecule has 13 heteroatoms. The number of hydrogen-bond acceptors (Lipinski definition) is 6. The van der Waals surface area contributed by atoms with Crippen LogP contribution in [0.4, 0.5) is 31.5 Å². The summed E-state index contributed by atoms with van der Waals surface area (Å²) in [5.74, 6) is -1.37. The molecule has 0 aliphatic carbocycles. The van der Waals surface area contributed by atoms with Crippen molar-refractivity contribution >= 4 is 39.9 Å². The van der Waals surface area contributed by atoms with E-state index in [9.17, 15) is 35.9 Å². The van der Waals surface area contributed by atoms with Crippen LogP contribution < -0.4 is 5.32 Å². The van der Waals surface area contributed by atoms with Crippen LogP contribution >= 0.6 is 23.1 Å². The number of benzene rings is 2. The zero-order chi connectivity index (χ0) is 24.4. The molecule has 174 valence electrons. The molecule has 0 spiro atoms. The van der Waals surface area contributed by atoms with E-state index in [0.29, 0.717) is 17.7 Å². The first-order chi connectivity index (χ1) is 15.3. The van der Waals surface area contributed by atoms with E-state index in [1.54, 1.807) is 24.3 Å². The van der Waals surface area contributed by atoms with Crippen molar-refractivity contribution in [2.24, 2.45) is 0 Å². The van der Waals surface area contributed by atoms with E-state index in [0.717, 1.165) is 28.7 Å². The molecule has 0 fully saturated rings. The van der Waals surface area contributed by atoms with Crippen LogP contribution in [0.1, 0.15) is 37.4 Å². The second-order valence-electron chi connectivity index (χ2n) is 6.70. The molecular formula is C20H13F6N3O2S2. The van der Waals surface area contributed by atoms with Crippen molar-refractivity contribution in [1.29, 1.82) is 0 Å². The van der Waals surface area contributed by atoms with Crippen molar-refractivity contribution < 1.29 is 35.9 Å². The van der Waals surface area contributed by atoms with E-state index in [4.69, 9.17) is 0 Å². The number of nitrogens with one attached hydrogen (secondary N) is 1. The number of aryl methyl sites for hydroxylation is 1. The van der Waals surface area contributed by atoms with Crippen molar-refractivity contribution in [2.75, 3.05) is 11.1 Å². The SMILES string of the molecule is Cc1ccc(C(=O)CSc2nnc(NC(=O)c3cc(C(F)(F)F)cc(C(F)(F)F)c3)s2)cc1. The van der Waals surface area contributed by atoms with Crippen LogP contribution in [0, 0.1) is 6.92 Å². The van der Waals surface area contributed by atoms with E-state index in [2.05, 4.69) is 15.5 Å². The lowest BCUT2D eigenvalue weighted by atomic mass is 10.0. The van der Waals surface area contributed by atoms with Gasteiger partial charge in [0.1, 0.15) is 0 Å². The van der Waals surface area contributed by atoms with Gasteiger partial charge in [0.15, 0.2) is 10.1 Å². The largest absolute Gasteiger partial charge is 0.416 e. The highest BCUT2D eigenvalue weighted by Crippen LogP contribution is 2.36. The average Bonchev–Trinajstić information content (AvgIpc) is 3.18. The van der Waals surface area contributed by atoms with Crippen LogP contribution in [0.2, 0.25) is 0 Å². The highest BCUT2D eigenvalue weighted by Gasteiger charge is 2.37. The minimum atomic E-state index is -5.08. The van der Waals surface area contributed by atoms with Gasteiger partial charge in [0, 0.05) is 11.1 Å². The first kappa shape index (κ1) is 24.7. The molecule has 33 heavy (non-hydrogen) atoms. The molecule has 0 radical (unpaired) electrons. The monoisotopic (exact) mass is 505 g/mol. The number of ketones is 1. The van der Waals surface area contributed by atoms with Crippen LogP contribution in [-0.2, 0) is 12.4 Å². The average molecular weight is 505 g/mol. The molecule has 0 aliphatic heterocycles. The second kappa shape index (κ2) is 9.51. The lowest BCUT2D eigenvalue weighted by Gasteiger charge is -2.13. The molecule has 1 heterocycles. The second-order valence-corrected chi connectivity index (χ2v) is 8.90. The van der Waals surface area contributed by atoms with Gasteiger partial charge in [0.05, 0.1) is 16.9 Å². The van der Waals surface area contributed by atoms with Crippen molar-refractivity contribution in [1.82, 2.24) is 10.2 Å². The van der Waals surface area contributed by atoms with Gasteiger partial charge in [0.2, 0.25) is 5.13 Å². The van der Waals surface area contributed by atoms with Gasteiger partial charge in [-0.1, -0.05) is 52.9 Å². The summed E-state index contributed by atoms with van der Waals surface area (Å²) >= 11 is 1.86. The third-order valence-electron chi connectivity index (χ3n) is 4.18. The Bertz CT molecular complexity index is 1140. The number of anilines is 1. The van der Waals surface area contributed by atoms with Gasteiger partial charge in [-0.3, -0.25) is 14.9 Å². The van der Waals surface area contributed by atoms with E-state index < -0.39 is 35.0 Å². The molecule has 3 rings (SSSR count). The molecule has 0 saturated carbocycles. The third kappa shape index (κ3) is 6.54. The van der Waals surface area contributed by atoms with Gasteiger partial charge in [0.25, 0.3) is 5.91 Å². The summed E-state index contributed by atoms with van der Waals surface area (Å²) in [6, 6.07) is 7.50. The molecule has 0 unspecified atom stereocenters. The van der Waals surface area contributed by atoms with Gasteiger partial charge in [-0.25, -0.2) is 0 Å². The lowest BCUT2D eigenvalue weighted by molar-refractivity contribution is -0.143. The standard InChI is InChI=1S/C20H13F6N3O2S2/c1-10-2-4-11(5-3-10)15(30)9-32-18-29-28-17(33-18)27-16(31)12-6-13(19(21,22)23)8-14(7-12)20(24,25)26/h2-8H,9H2,1H3,(H,27,28,31). The van der Waals surface area contributed by atoms with Crippen molar-refractivity contribution in [3.8, 4) is 0 Å². The Labute approximate surface area is 191 Å². The normalized spacial score (nSPS) is 12.0. The fourth-order valence-electron chi connectivity index (χ4n) is 2.52. The number of carbonyl (C=O) groups excluding carboxylic acids is 2. The quantitative estimate of drug-likeness (QED) is 0.189. The molecule has 2 aromatic carbocycles. The first-order valence-corrected chi connectivity index (χ1v) is 10.8. The van der Waals surface area contributed by atoms with E-state index in [1.807, 2.05) is 6.92 Å². The molecule has 1 aromatic heterocycles. The van der Waals surface area contributed by atoms with E-state index in [1.165, 1.54) is 0 Å². The fourth-order valence-corrected chi connectivity index (χ4v) is 4.17. The number of amides is 1. The Kier molecular flexibility index (Phi) is 7.12. The van der Waals surface area contributed by atoms with Crippen LogP contribution in [0.15, 0.2) is 46.8 Å². The van der Waals surface area contributed by atoms with Crippen LogP contribution in [-0.4, -0.2) is 27.6 Å². The highest BCUT2D eigenvalue weighted by molar-refractivity contribution is 8.01. The van der Waals surface area contributed by atoms with Gasteiger partial charge in [-0.05, 0) is 25.1 Å². The molecule has 1 amide bonds. The number of halogens is 6. The minimum Gasteiger partial charge on any atom is -0.296 e. The molecule has 5 nitrogen and oxygen atoms in total. The predicted octanol–water partition coefficient (Wildman–Crippen LogP) is 6.11. The number of carbonyl (C=O) groups is 2. The van der Waals surface area contributed by atoms with Gasteiger partial charge >= 0.3 is 12.4 Å². The highest BCUT2D eigenvalue weighted by atomic mass is 32.2. The molecule has 0 atom stereocenters. The zero-order valence-electron chi connectivity index (χ0n) is 16.5. The first-order valence-electron chi connectivity index (χ1n) is 9.00.